The summed E-state index contributed by atoms with van der Waals surface area (Å²) in [5.41, 5.74) is 1.04. The first-order valence-electron chi connectivity index (χ1n) is 8.68. The van der Waals surface area contributed by atoms with Gasteiger partial charge >= 0.3 is 0 Å². The lowest BCUT2D eigenvalue weighted by Crippen LogP contribution is -2.32. The normalized spacial score (nSPS) is 12.3. The van der Waals surface area contributed by atoms with Gasteiger partial charge < -0.3 is 5.32 Å². The van der Waals surface area contributed by atoms with Crippen molar-refractivity contribution in [2.24, 2.45) is 5.92 Å². The van der Waals surface area contributed by atoms with Crippen molar-refractivity contribution in [2.75, 3.05) is 0 Å². The molecule has 1 amide bonds. The van der Waals surface area contributed by atoms with Crippen molar-refractivity contribution < 1.29 is 4.79 Å². The number of carbonyl (C=O) groups excluding carboxylic acids is 1. The van der Waals surface area contributed by atoms with Gasteiger partial charge in [0.1, 0.15) is 0 Å². The van der Waals surface area contributed by atoms with E-state index < -0.39 is 0 Å². The molecule has 0 saturated carbocycles. The van der Waals surface area contributed by atoms with Crippen LogP contribution in [0.2, 0.25) is 0 Å². The average Bonchev–Trinajstić information content (AvgIpc) is 2.64. The van der Waals surface area contributed by atoms with Crippen LogP contribution in [-0.4, -0.2) is 20.7 Å². The Bertz CT molecular complexity index is 980. The molecular weight excluding hydrogens is 328 g/mol. The van der Waals surface area contributed by atoms with Gasteiger partial charge in [-0.05, 0) is 36.6 Å². The Morgan fingerprint density at radius 1 is 1.08 bits per heavy atom. The second kappa shape index (κ2) is 7.47. The fourth-order valence-corrected chi connectivity index (χ4v) is 2.87. The Hall–Kier alpha value is -3.02. The van der Waals surface area contributed by atoms with Crippen LogP contribution in [0.1, 0.15) is 42.9 Å². The van der Waals surface area contributed by atoms with Crippen LogP contribution in [0.15, 0.2) is 53.6 Å². The van der Waals surface area contributed by atoms with Gasteiger partial charge in [0, 0.05) is 24.3 Å². The van der Waals surface area contributed by atoms with E-state index in [-0.39, 0.29) is 29.1 Å². The first kappa shape index (κ1) is 17.8. The van der Waals surface area contributed by atoms with Gasteiger partial charge in [0.05, 0.1) is 11.4 Å². The van der Waals surface area contributed by atoms with E-state index in [1.807, 2.05) is 32.9 Å². The summed E-state index contributed by atoms with van der Waals surface area (Å²) in [4.78, 5) is 29.5. The molecule has 0 radical (unpaired) electrons. The molecule has 2 heterocycles. The van der Waals surface area contributed by atoms with Gasteiger partial charge in [-0.25, -0.2) is 4.68 Å². The topological polar surface area (TPSA) is 76.9 Å². The van der Waals surface area contributed by atoms with Gasteiger partial charge in [-0.2, -0.15) is 5.10 Å². The van der Waals surface area contributed by atoms with Crippen molar-refractivity contribution in [3.63, 3.8) is 0 Å². The number of rotatable bonds is 5. The highest BCUT2D eigenvalue weighted by atomic mass is 16.2. The van der Waals surface area contributed by atoms with E-state index in [0.717, 1.165) is 5.56 Å². The van der Waals surface area contributed by atoms with E-state index in [0.29, 0.717) is 17.3 Å². The van der Waals surface area contributed by atoms with E-state index in [4.69, 9.17) is 0 Å². The van der Waals surface area contributed by atoms with Crippen LogP contribution in [0.25, 0.3) is 10.8 Å². The Balaban J connectivity index is 2.01. The largest absolute Gasteiger partial charge is 0.344 e. The highest BCUT2D eigenvalue weighted by Gasteiger charge is 2.19. The van der Waals surface area contributed by atoms with Crippen molar-refractivity contribution in [3.05, 3.63) is 70.4 Å². The van der Waals surface area contributed by atoms with E-state index >= 15 is 0 Å². The molecule has 3 rings (SSSR count). The maximum absolute atomic E-state index is 12.9. The summed E-state index contributed by atoms with van der Waals surface area (Å²) in [6.07, 6.45) is 3.38. The molecule has 0 spiro atoms. The van der Waals surface area contributed by atoms with E-state index in [9.17, 15) is 9.59 Å². The van der Waals surface area contributed by atoms with Crippen LogP contribution >= 0.6 is 0 Å². The van der Waals surface area contributed by atoms with Crippen molar-refractivity contribution in [3.8, 4) is 0 Å². The van der Waals surface area contributed by atoms with Gasteiger partial charge in [-0.15, -0.1) is 0 Å². The van der Waals surface area contributed by atoms with Crippen molar-refractivity contribution in [1.29, 1.82) is 0 Å². The number of hydrogen-bond donors (Lipinski definition) is 1. The zero-order valence-corrected chi connectivity index (χ0v) is 15.1. The summed E-state index contributed by atoms with van der Waals surface area (Å²) in [7, 11) is 0. The Labute approximate surface area is 151 Å². The molecule has 1 aromatic carbocycles. The third-order valence-corrected chi connectivity index (χ3v) is 4.17. The van der Waals surface area contributed by atoms with Crippen LogP contribution in [0.4, 0.5) is 0 Å². The van der Waals surface area contributed by atoms with Crippen molar-refractivity contribution >= 4 is 16.7 Å². The summed E-state index contributed by atoms with van der Waals surface area (Å²) in [5, 5.41) is 8.40. The monoisotopic (exact) mass is 350 g/mol. The number of nitrogens with zero attached hydrogens (tertiary/aromatic N) is 3. The molecule has 1 N–H and O–H groups in total. The number of fused-ring (bicyclic) bond motifs is 1. The molecule has 3 aromatic rings. The summed E-state index contributed by atoms with van der Waals surface area (Å²) in [6, 6.07) is 10.6. The molecule has 134 valence electrons. The zero-order chi connectivity index (χ0) is 18.7. The smallest absolute Gasteiger partial charge is 0.274 e. The second-order valence-electron chi connectivity index (χ2n) is 6.75. The lowest BCUT2D eigenvalue weighted by Gasteiger charge is -2.16. The van der Waals surface area contributed by atoms with Crippen LogP contribution in [-0.2, 0) is 6.54 Å². The highest BCUT2D eigenvalue weighted by molar-refractivity contribution is 6.04. The summed E-state index contributed by atoms with van der Waals surface area (Å²) < 4.78 is 1.39. The van der Waals surface area contributed by atoms with Gasteiger partial charge in [0.25, 0.3) is 11.5 Å². The van der Waals surface area contributed by atoms with E-state index in [2.05, 4.69) is 15.4 Å². The molecule has 0 fully saturated rings. The minimum atomic E-state index is -0.303. The first-order valence-corrected chi connectivity index (χ1v) is 8.68. The average molecular weight is 350 g/mol. The van der Waals surface area contributed by atoms with Gasteiger partial charge in [-0.1, -0.05) is 32.0 Å². The fourth-order valence-electron chi connectivity index (χ4n) is 2.87. The Morgan fingerprint density at radius 3 is 2.38 bits per heavy atom. The van der Waals surface area contributed by atoms with Gasteiger partial charge in [-0.3, -0.25) is 14.6 Å². The molecule has 0 aliphatic carbocycles. The lowest BCUT2D eigenvalue weighted by atomic mass is 10.1. The Kier molecular flexibility index (Phi) is 5.11. The van der Waals surface area contributed by atoms with E-state index in [1.54, 1.807) is 36.7 Å². The third kappa shape index (κ3) is 3.64. The molecule has 0 aliphatic rings. The maximum atomic E-state index is 12.9. The quantitative estimate of drug-likeness (QED) is 0.767. The van der Waals surface area contributed by atoms with Crippen molar-refractivity contribution in [2.45, 2.75) is 33.4 Å². The number of nitrogens with one attached hydrogen (secondary N) is 1. The standard InChI is InChI=1S/C20H22N4O2/c1-13(2)12-24-20(26)17-7-5-4-6-16(17)18(23-24)19(25)22-14(3)15-8-10-21-11-9-15/h4-11,13-14H,12H2,1-3H3,(H,22,25). The molecule has 6 nitrogen and oxygen atoms in total. The maximum Gasteiger partial charge on any atom is 0.274 e. The number of hydrogen-bond acceptors (Lipinski definition) is 4. The molecule has 1 atom stereocenters. The predicted molar refractivity (Wildman–Crippen MR) is 101 cm³/mol. The van der Waals surface area contributed by atoms with Crippen molar-refractivity contribution in [1.82, 2.24) is 20.1 Å². The molecule has 26 heavy (non-hydrogen) atoms. The SMILES string of the molecule is CC(C)Cn1nc(C(=O)NC(C)c2ccncc2)c2ccccc2c1=O. The number of pyridine rings is 1. The summed E-state index contributed by atoms with van der Waals surface area (Å²) in [6.45, 7) is 6.38. The predicted octanol–water partition coefficient (Wildman–Crippen LogP) is 2.94. The molecular formula is C20H22N4O2. The number of aromatic nitrogens is 3. The first-order chi connectivity index (χ1) is 12.5. The molecule has 6 heteroatoms. The highest BCUT2D eigenvalue weighted by Crippen LogP contribution is 2.16. The number of benzene rings is 1. The number of carbonyl (C=O) groups is 1. The molecule has 1 unspecified atom stereocenters. The van der Waals surface area contributed by atoms with Gasteiger partial charge in [0.15, 0.2) is 5.69 Å². The van der Waals surface area contributed by atoms with Gasteiger partial charge in [0.2, 0.25) is 0 Å². The third-order valence-electron chi connectivity index (χ3n) is 4.17. The summed E-state index contributed by atoms with van der Waals surface area (Å²) >= 11 is 0. The molecule has 2 aromatic heterocycles. The van der Waals surface area contributed by atoms with Crippen LogP contribution in [0.5, 0.6) is 0 Å². The minimum absolute atomic E-state index is 0.173. The Morgan fingerprint density at radius 2 is 1.73 bits per heavy atom. The van der Waals surface area contributed by atoms with E-state index in [1.165, 1.54) is 4.68 Å². The summed E-state index contributed by atoms with van der Waals surface area (Å²) in [5.74, 6) is -0.0592. The van der Waals surface area contributed by atoms with Crippen LogP contribution in [0, 0.1) is 5.92 Å². The number of amides is 1. The molecule has 0 bridgehead atoms. The second-order valence-corrected chi connectivity index (χ2v) is 6.75. The van der Waals surface area contributed by atoms with Crippen LogP contribution < -0.4 is 10.9 Å². The lowest BCUT2D eigenvalue weighted by molar-refractivity contribution is 0.0934. The fraction of sp³-hybridized carbons (Fsp3) is 0.300. The van der Waals surface area contributed by atoms with Crippen LogP contribution in [0.3, 0.4) is 0 Å². The minimum Gasteiger partial charge on any atom is -0.344 e. The molecule has 0 saturated heterocycles. The zero-order valence-electron chi connectivity index (χ0n) is 15.1. The molecule has 0 aliphatic heterocycles.